The minimum absolute atomic E-state index is 0.0903. The van der Waals surface area contributed by atoms with Crippen molar-refractivity contribution in [3.05, 3.63) is 57.6 Å². The molecule has 2 rings (SSSR count). The number of aliphatic imine (C=N–C) groups is 2. The SMILES string of the molecule is Cc1cc(C)c(N=C(COCC(=Nc2c(C)cc(C)cc2C)C(C)(C)C)C(C)(C)C)c(C)c1.[Cl][Fe][Cl]. The molecule has 0 radical (unpaired) electrons. The summed E-state index contributed by atoms with van der Waals surface area (Å²) >= 11 is 0.194. The van der Waals surface area contributed by atoms with Gasteiger partial charge in [-0.1, -0.05) is 76.9 Å². The Bertz CT molecular complexity index is 962. The van der Waals surface area contributed by atoms with Crippen LogP contribution in [0.25, 0.3) is 0 Å². The molecular formula is C30H44Cl2FeN2O. The average Bonchev–Trinajstić information content (AvgIpc) is 2.68. The molecule has 2 aromatic carbocycles. The van der Waals surface area contributed by atoms with Crippen LogP contribution in [0.4, 0.5) is 11.4 Å². The van der Waals surface area contributed by atoms with Crippen LogP contribution in [0.1, 0.15) is 74.9 Å². The number of halogens is 2. The van der Waals surface area contributed by atoms with E-state index in [0.29, 0.717) is 13.2 Å². The van der Waals surface area contributed by atoms with Gasteiger partial charge < -0.3 is 4.74 Å². The molecule has 0 saturated heterocycles. The molecule has 0 heterocycles. The van der Waals surface area contributed by atoms with Gasteiger partial charge in [-0.05, 0) is 63.8 Å². The number of rotatable bonds is 6. The van der Waals surface area contributed by atoms with Gasteiger partial charge >= 0.3 is 33.3 Å². The molecule has 0 unspecified atom stereocenters. The molecule has 36 heavy (non-hydrogen) atoms. The van der Waals surface area contributed by atoms with Crippen molar-refractivity contribution in [3.63, 3.8) is 0 Å². The van der Waals surface area contributed by atoms with E-state index in [-0.39, 0.29) is 24.0 Å². The Morgan fingerprint density at radius 2 is 0.889 bits per heavy atom. The zero-order valence-corrected chi connectivity index (χ0v) is 26.8. The van der Waals surface area contributed by atoms with Crippen molar-refractivity contribution in [3.8, 4) is 0 Å². The summed E-state index contributed by atoms with van der Waals surface area (Å²) in [5.74, 6) is 0. The van der Waals surface area contributed by atoms with Gasteiger partial charge in [0, 0.05) is 22.3 Å². The quantitative estimate of drug-likeness (QED) is 0.249. The van der Waals surface area contributed by atoms with Crippen LogP contribution in [0.2, 0.25) is 0 Å². The second-order valence-corrected chi connectivity index (χ2v) is 13.5. The zero-order chi connectivity index (χ0) is 27.8. The van der Waals surface area contributed by atoms with Crippen molar-refractivity contribution in [1.82, 2.24) is 0 Å². The van der Waals surface area contributed by atoms with Crippen LogP contribution < -0.4 is 0 Å². The Kier molecular flexibility index (Phi) is 12.9. The van der Waals surface area contributed by atoms with Crippen LogP contribution in [0.3, 0.4) is 0 Å². The second-order valence-electron chi connectivity index (χ2n) is 11.7. The fraction of sp³-hybridized carbons (Fsp3) is 0.533. The third-order valence-corrected chi connectivity index (χ3v) is 5.97. The molecule has 0 N–H and O–H groups in total. The standard InChI is InChI=1S/C30H44N2O.2ClH.Fe/c1-19-13-21(3)27(22(4)14-19)31-25(29(7,8)9)17-33-18-26(30(10,11)12)32-28-23(5)15-20(2)16-24(28)6;;;/h13-16H,17-18H2,1-12H3;2*1H;/q;;;+2/p-2. The van der Waals surface area contributed by atoms with E-state index in [0.717, 1.165) is 22.8 Å². The van der Waals surface area contributed by atoms with Gasteiger partial charge in [0.1, 0.15) is 0 Å². The van der Waals surface area contributed by atoms with Gasteiger partial charge in [-0.25, -0.2) is 0 Å². The number of aryl methyl sites for hydroxylation is 6. The Hall–Kier alpha value is -1.16. The fourth-order valence-electron chi connectivity index (χ4n) is 4.04. The topological polar surface area (TPSA) is 34.0 Å². The van der Waals surface area contributed by atoms with Crippen LogP contribution in [-0.2, 0) is 17.9 Å². The van der Waals surface area contributed by atoms with Crippen molar-refractivity contribution in [2.75, 3.05) is 13.2 Å². The summed E-state index contributed by atoms with van der Waals surface area (Å²) in [4.78, 5) is 10.2. The van der Waals surface area contributed by atoms with Crippen molar-refractivity contribution in [1.29, 1.82) is 0 Å². The Labute approximate surface area is 234 Å². The molecule has 0 atom stereocenters. The van der Waals surface area contributed by atoms with Crippen molar-refractivity contribution in [2.45, 2.75) is 83.1 Å². The Morgan fingerprint density at radius 3 is 1.11 bits per heavy atom. The number of benzene rings is 2. The predicted octanol–water partition coefficient (Wildman–Crippen LogP) is 9.87. The first kappa shape index (κ1) is 32.9. The first-order valence-corrected chi connectivity index (χ1v) is 15.3. The number of hydrogen-bond donors (Lipinski definition) is 0. The van der Waals surface area contributed by atoms with Crippen LogP contribution in [-0.4, -0.2) is 24.6 Å². The third kappa shape index (κ3) is 10.3. The average molecular weight is 575 g/mol. The number of ether oxygens (including phenoxy) is 1. The van der Waals surface area contributed by atoms with Gasteiger partial charge in [0.25, 0.3) is 0 Å². The summed E-state index contributed by atoms with van der Waals surface area (Å²) in [5.41, 5.74) is 11.4. The zero-order valence-electron chi connectivity index (χ0n) is 24.1. The van der Waals surface area contributed by atoms with Gasteiger partial charge in [0.2, 0.25) is 0 Å². The molecule has 0 bridgehead atoms. The summed E-state index contributed by atoms with van der Waals surface area (Å²) in [6.45, 7) is 27.0. The van der Waals surface area contributed by atoms with E-state index >= 15 is 0 Å². The first-order valence-electron chi connectivity index (χ1n) is 12.3. The third-order valence-electron chi connectivity index (χ3n) is 5.97. The molecule has 3 nitrogen and oxygen atoms in total. The van der Waals surface area contributed by atoms with Gasteiger partial charge in [-0.3, -0.25) is 9.98 Å². The Morgan fingerprint density at radius 1 is 0.639 bits per heavy atom. The Balaban J connectivity index is 0.00000205. The van der Waals surface area contributed by atoms with E-state index < -0.39 is 0 Å². The van der Waals surface area contributed by atoms with Crippen LogP contribution in [0, 0.1) is 52.4 Å². The molecule has 0 aliphatic carbocycles. The summed E-state index contributed by atoms with van der Waals surface area (Å²) in [5, 5.41) is 0. The second kappa shape index (κ2) is 14.1. The molecule has 6 heteroatoms. The minimum atomic E-state index is -0.0903. The molecule has 2 aromatic rings. The maximum atomic E-state index is 6.30. The molecule has 0 aromatic heterocycles. The molecule has 0 spiro atoms. The number of nitrogens with zero attached hydrogens (tertiary/aromatic N) is 2. The van der Waals surface area contributed by atoms with Crippen molar-refractivity contribution < 1.29 is 17.9 Å². The van der Waals surface area contributed by atoms with Gasteiger partial charge in [-0.15, -0.1) is 0 Å². The monoisotopic (exact) mass is 574 g/mol. The summed E-state index contributed by atoms with van der Waals surface area (Å²) in [6.07, 6.45) is 0. The molecule has 0 saturated carbocycles. The van der Waals surface area contributed by atoms with E-state index in [1.807, 2.05) is 0 Å². The summed E-state index contributed by atoms with van der Waals surface area (Å²) in [7, 11) is 9.53. The van der Waals surface area contributed by atoms with Gasteiger partial charge in [-0.2, -0.15) is 0 Å². The number of hydrogen-bond acceptors (Lipinski definition) is 3. The predicted molar refractivity (Wildman–Crippen MR) is 157 cm³/mol. The molecule has 0 aliphatic heterocycles. The maximum absolute atomic E-state index is 6.30. The summed E-state index contributed by atoms with van der Waals surface area (Å²) < 4.78 is 6.30. The van der Waals surface area contributed by atoms with Crippen molar-refractivity contribution in [2.24, 2.45) is 20.8 Å². The molecular weight excluding hydrogens is 531 g/mol. The van der Waals surface area contributed by atoms with E-state index in [9.17, 15) is 0 Å². The normalized spacial score (nSPS) is 13.1. The molecule has 0 aliphatic rings. The fourth-order valence-corrected chi connectivity index (χ4v) is 4.04. The molecule has 0 amide bonds. The van der Waals surface area contributed by atoms with Crippen LogP contribution in [0.15, 0.2) is 34.3 Å². The van der Waals surface area contributed by atoms with Gasteiger partial charge in [0.15, 0.2) is 0 Å². The van der Waals surface area contributed by atoms with E-state index in [1.54, 1.807) is 0 Å². The van der Waals surface area contributed by atoms with Gasteiger partial charge in [0.05, 0.1) is 24.6 Å². The van der Waals surface area contributed by atoms with Crippen LogP contribution >= 0.6 is 20.2 Å². The van der Waals surface area contributed by atoms with E-state index in [1.165, 1.54) is 33.4 Å². The summed E-state index contributed by atoms with van der Waals surface area (Å²) in [6, 6.07) is 8.79. The van der Waals surface area contributed by atoms with E-state index in [2.05, 4.69) is 107 Å². The van der Waals surface area contributed by atoms with Crippen molar-refractivity contribution >= 4 is 43.0 Å². The van der Waals surface area contributed by atoms with E-state index in [4.69, 9.17) is 34.9 Å². The first-order chi connectivity index (χ1) is 16.5. The molecule has 202 valence electrons. The van der Waals surface area contributed by atoms with Crippen LogP contribution in [0.5, 0.6) is 0 Å². The molecule has 0 fully saturated rings.